The predicted molar refractivity (Wildman–Crippen MR) is 73.5 cm³/mol. The van der Waals surface area contributed by atoms with Crippen LogP contribution in [0.4, 0.5) is 23.2 Å². The Morgan fingerprint density at radius 2 is 1.76 bits per heavy atom. The van der Waals surface area contributed by atoms with E-state index < -0.39 is 17.6 Å². The largest absolute Gasteiger partial charge is 0.419 e. The number of nitrogens with one attached hydrogen (secondary N) is 1. The summed E-state index contributed by atoms with van der Waals surface area (Å²) < 4.78 is 51.4. The molecule has 0 amide bonds. The van der Waals surface area contributed by atoms with E-state index in [0.717, 1.165) is 37.3 Å². The molecule has 0 saturated heterocycles. The van der Waals surface area contributed by atoms with Crippen LogP contribution in [0.1, 0.15) is 44.1 Å². The van der Waals surface area contributed by atoms with Gasteiger partial charge in [0.25, 0.3) is 0 Å². The van der Waals surface area contributed by atoms with Gasteiger partial charge in [0.1, 0.15) is 5.82 Å². The fourth-order valence-corrected chi connectivity index (χ4v) is 3.42. The maximum absolute atomic E-state index is 13.3. The van der Waals surface area contributed by atoms with Crippen molar-refractivity contribution in [2.75, 3.05) is 5.32 Å². The summed E-state index contributed by atoms with van der Waals surface area (Å²) >= 11 is 0. The molecule has 0 aromatic heterocycles. The third kappa shape index (κ3) is 3.50. The smallest absolute Gasteiger partial charge is 0.382 e. The normalized spacial score (nSPS) is 26.7. The fourth-order valence-electron chi connectivity index (χ4n) is 3.42. The van der Waals surface area contributed by atoms with Gasteiger partial charge in [-0.15, -0.1) is 0 Å². The molecule has 0 radical (unpaired) electrons. The molecule has 2 aliphatic carbocycles. The Hall–Kier alpha value is -1.26. The quantitative estimate of drug-likeness (QED) is 0.754. The van der Waals surface area contributed by atoms with E-state index in [2.05, 4.69) is 5.32 Å². The van der Waals surface area contributed by atoms with E-state index >= 15 is 0 Å². The lowest BCUT2D eigenvalue weighted by atomic mass is 9.82. The first-order valence-corrected chi connectivity index (χ1v) is 7.57. The number of halogens is 4. The van der Waals surface area contributed by atoms with Crippen LogP contribution in [0.3, 0.4) is 0 Å². The van der Waals surface area contributed by atoms with Crippen molar-refractivity contribution in [2.45, 2.75) is 50.7 Å². The van der Waals surface area contributed by atoms with E-state index in [1.165, 1.54) is 25.3 Å². The zero-order valence-corrected chi connectivity index (χ0v) is 11.7. The highest BCUT2D eigenvalue weighted by atomic mass is 19.4. The molecule has 2 aliphatic rings. The van der Waals surface area contributed by atoms with Crippen LogP contribution in [0.25, 0.3) is 0 Å². The average molecular weight is 301 g/mol. The summed E-state index contributed by atoms with van der Waals surface area (Å²) in [6.45, 7) is 0. The van der Waals surface area contributed by atoms with Gasteiger partial charge in [0.15, 0.2) is 0 Å². The molecule has 2 atom stereocenters. The standard InChI is InChI=1S/C16H19F4N/c17-15-7-6-13(9-14(15)16(18,19)20)21-12-3-1-2-11(8-12)10-4-5-10/h6-7,9-12,21H,1-5,8H2. The Kier molecular flexibility index (Phi) is 3.84. The molecule has 1 aromatic carbocycles. The third-order valence-electron chi connectivity index (χ3n) is 4.65. The highest BCUT2D eigenvalue weighted by Crippen LogP contribution is 2.44. The van der Waals surface area contributed by atoms with E-state index in [1.54, 1.807) is 0 Å². The number of hydrogen-bond acceptors (Lipinski definition) is 1. The molecule has 1 N–H and O–H groups in total. The van der Waals surface area contributed by atoms with Crippen molar-refractivity contribution in [1.29, 1.82) is 0 Å². The van der Waals surface area contributed by atoms with Crippen molar-refractivity contribution in [2.24, 2.45) is 11.8 Å². The molecule has 1 nitrogen and oxygen atoms in total. The number of benzene rings is 1. The monoisotopic (exact) mass is 301 g/mol. The van der Waals surface area contributed by atoms with Gasteiger partial charge in [-0.3, -0.25) is 0 Å². The van der Waals surface area contributed by atoms with Crippen LogP contribution in [-0.2, 0) is 6.18 Å². The molecule has 2 unspecified atom stereocenters. The van der Waals surface area contributed by atoms with E-state index in [9.17, 15) is 17.6 Å². The van der Waals surface area contributed by atoms with Crippen LogP contribution in [0.2, 0.25) is 0 Å². The number of anilines is 1. The van der Waals surface area contributed by atoms with E-state index in [0.29, 0.717) is 11.6 Å². The molecular weight excluding hydrogens is 282 g/mol. The van der Waals surface area contributed by atoms with E-state index in [-0.39, 0.29) is 6.04 Å². The molecule has 1 aromatic rings. The van der Waals surface area contributed by atoms with Crippen LogP contribution >= 0.6 is 0 Å². The minimum atomic E-state index is -4.65. The second kappa shape index (κ2) is 5.50. The Bertz CT molecular complexity index is 507. The van der Waals surface area contributed by atoms with E-state index in [1.807, 2.05) is 0 Å². The lowest BCUT2D eigenvalue weighted by Crippen LogP contribution is -2.28. The fraction of sp³-hybridized carbons (Fsp3) is 0.625. The second-order valence-corrected chi connectivity index (χ2v) is 6.30. The SMILES string of the molecule is Fc1ccc(NC2CCCC(C3CC3)C2)cc1C(F)(F)F. The lowest BCUT2D eigenvalue weighted by Gasteiger charge is -2.30. The first-order valence-electron chi connectivity index (χ1n) is 7.57. The van der Waals surface area contributed by atoms with E-state index in [4.69, 9.17) is 0 Å². The molecular formula is C16H19F4N. The van der Waals surface area contributed by atoms with Crippen molar-refractivity contribution in [3.05, 3.63) is 29.6 Å². The van der Waals surface area contributed by atoms with Gasteiger partial charge in [0.05, 0.1) is 5.56 Å². The maximum Gasteiger partial charge on any atom is 0.419 e. The molecule has 3 rings (SSSR count). The predicted octanol–water partition coefficient (Wildman–Crippen LogP) is 5.23. The van der Waals surface area contributed by atoms with Crippen molar-refractivity contribution in [1.82, 2.24) is 0 Å². The van der Waals surface area contributed by atoms with Gasteiger partial charge in [0.2, 0.25) is 0 Å². The lowest BCUT2D eigenvalue weighted by molar-refractivity contribution is -0.139. The minimum absolute atomic E-state index is 0.205. The highest BCUT2D eigenvalue weighted by Gasteiger charge is 2.36. The zero-order valence-electron chi connectivity index (χ0n) is 11.7. The van der Waals surface area contributed by atoms with Gasteiger partial charge in [-0.25, -0.2) is 4.39 Å². The Balaban J connectivity index is 1.69. The average Bonchev–Trinajstić information content (AvgIpc) is 3.24. The number of hydrogen-bond donors (Lipinski definition) is 1. The summed E-state index contributed by atoms with van der Waals surface area (Å²) in [7, 11) is 0. The summed E-state index contributed by atoms with van der Waals surface area (Å²) in [5.74, 6) is 0.319. The Morgan fingerprint density at radius 3 is 2.43 bits per heavy atom. The van der Waals surface area contributed by atoms with Crippen LogP contribution in [-0.4, -0.2) is 6.04 Å². The summed E-state index contributed by atoms with van der Waals surface area (Å²) in [5, 5.41) is 3.17. The maximum atomic E-state index is 13.3. The number of rotatable bonds is 3. The summed E-state index contributed by atoms with van der Waals surface area (Å²) in [4.78, 5) is 0. The second-order valence-electron chi connectivity index (χ2n) is 6.30. The molecule has 21 heavy (non-hydrogen) atoms. The Morgan fingerprint density at radius 1 is 1.00 bits per heavy atom. The molecule has 0 heterocycles. The highest BCUT2D eigenvalue weighted by molar-refractivity contribution is 5.48. The van der Waals surface area contributed by atoms with Gasteiger partial charge in [-0.05, 0) is 55.7 Å². The molecule has 2 fully saturated rings. The molecule has 0 aliphatic heterocycles. The zero-order chi connectivity index (χ0) is 15.0. The van der Waals surface area contributed by atoms with Crippen molar-refractivity contribution in [3.63, 3.8) is 0 Å². The van der Waals surface area contributed by atoms with Crippen LogP contribution in [0.5, 0.6) is 0 Å². The van der Waals surface area contributed by atoms with Crippen molar-refractivity contribution < 1.29 is 17.6 Å². The van der Waals surface area contributed by atoms with Gasteiger partial charge in [-0.2, -0.15) is 13.2 Å². The summed E-state index contributed by atoms with van der Waals surface area (Å²) in [6.07, 6.45) is 2.29. The van der Waals surface area contributed by atoms with Gasteiger partial charge in [-0.1, -0.05) is 12.8 Å². The van der Waals surface area contributed by atoms with Crippen molar-refractivity contribution >= 4 is 5.69 Å². The molecule has 2 saturated carbocycles. The third-order valence-corrected chi connectivity index (χ3v) is 4.65. The summed E-state index contributed by atoms with van der Waals surface area (Å²) in [6, 6.07) is 3.38. The molecule has 0 bridgehead atoms. The van der Waals surface area contributed by atoms with Gasteiger partial charge in [0, 0.05) is 11.7 Å². The van der Waals surface area contributed by atoms with Crippen LogP contribution < -0.4 is 5.32 Å². The van der Waals surface area contributed by atoms with Crippen LogP contribution in [0, 0.1) is 17.7 Å². The van der Waals surface area contributed by atoms with Gasteiger partial charge < -0.3 is 5.32 Å². The Labute approximate surface area is 121 Å². The van der Waals surface area contributed by atoms with Gasteiger partial charge >= 0.3 is 6.18 Å². The number of alkyl halides is 3. The van der Waals surface area contributed by atoms with Crippen molar-refractivity contribution in [3.8, 4) is 0 Å². The minimum Gasteiger partial charge on any atom is -0.382 e. The molecule has 116 valence electrons. The first-order chi connectivity index (χ1) is 9.93. The van der Waals surface area contributed by atoms with Crippen LogP contribution in [0.15, 0.2) is 18.2 Å². The molecule has 5 heteroatoms. The topological polar surface area (TPSA) is 12.0 Å². The molecule has 0 spiro atoms. The summed E-state index contributed by atoms with van der Waals surface area (Å²) in [5.41, 5.74) is -0.827. The first kappa shape index (κ1) is 14.7.